The minimum atomic E-state index is -1.33. The number of para-hydroxylation sites is 1. The fourth-order valence-electron chi connectivity index (χ4n) is 4.20. The van der Waals surface area contributed by atoms with Crippen molar-refractivity contribution >= 4 is 29.2 Å². The minimum absolute atomic E-state index is 0.0308. The van der Waals surface area contributed by atoms with E-state index in [4.69, 9.17) is 4.84 Å². The van der Waals surface area contributed by atoms with Gasteiger partial charge in [0.15, 0.2) is 6.10 Å². The summed E-state index contributed by atoms with van der Waals surface area (Å²) in [5.41, 5.74) is 1.87. The molecule has 7 nitrogen and oxygen atoms in total. The van der Waals surface area contributed by atoms with Gasteiger partial charge in [-0.25, -0.2) is 9.96 Å². The number of amides is 2. The van der Waals surface area contributed by atoms with E-state index in [1.165, 1.54) is 24.3 Å². The van der Waals surface area contributed by atoms with Gasteiger partial charge in [0.2, 0.25) is 5.91 Å². The van der Waals surface area contributed by atoms with E-state index in [2.05, 4.69) is 0 Å². The number of carboxylic acids is 1. The average Bonchev–Trinajstić information content (AvgIpc) is 3.31. The van der Waals surface area contributed by atoms with Crippen molar-refractivity contribution < 1.29 is 24.3 Å². The van der Waals surface area contributed by atoms with Crippen LogP contribution in [0.15, 0.2) is 84.9 Å². The van der Waals surface area contributed by atoms with Gasteiger partial charge < -0.3 is 9.90 Å². The highest BCUT2D eigenvalue weighted by molar-refractivity contribution is 6.24. The van der Waals surface area contributed by atoms with Gasteiger partial charge in [0.05, 0.1) is 23.4 Å². The first-order valence-electron chi connectivity index (χ1n) is 9.81. The fourth-order valence-corrected chi connectivity index (χ4v) is 4.20. The topological polar surface area (TPSA) is 90.0 Å². The lowest BCUT2D eigenvalue weighted by Gasteiger charge is -2.28. The van der Waals surface area contributed by atoms with Crippen LogP contribution in [0.1, 0.15) is 22.0 Å². The minimum Gasteiger partial charge on any atom is -0.545 e. The molecule has 0 saturated carbocycles. The van der Waals surface area contributed by atoms with Gasteiger partial charge in [-0.3, -0.25) is 14.4 Å². The van der Waals surface area contributed by atoms with Gasteiger partial charge in [-0.15, -0.1) is 0 Å². The molecule has 0 N–H and O–H groups in total. The Morgan fingerprint density at radius 2 is 1.39 bits per heavy atom. The van der Waals surface area contributed by atoms with Crippen LogP contribution in [0.4, 0.5) is 11.4 Å². The van der Waals surface area contributed by atoms with Crippen molar-refractivity contribution in [1.29, 1.82) is 0 Å². The summed E-state index contributed by atoms with van der Waals surface area (Å²) in [6, 6.07) is 23.8. The number of carbonyl (C=O) groups is 3. The number of rotatable bonds is 4. The molecule has 3 aromatic carbocycles. The molecule has 2 heterocycles. The van der Waals surface area contributed by atoms with Gasteiger partial charge in [0.25, 0.3) is 5.91 Å². The van der Waals surface area contributed by atoms with Crippen LogP contribution >= 0.6 is 0 Å². The van der Waals surface area contributed by atoms with Crippen molar-refractivity contribution in [1.82, 2.24) is 0 Å². The largest absolute Gasteiger partial charge is 0.545 e. The zero-order chi connectivity index (χ0) is 21.5. The Labute approximate surface area is 178 Å². The molecule has 0 bridgehead atoms. The lowest BCUT2D eigenvalue weighted by molar-refractivity contribution is -0.255. The summed E-state index contributed by atoms with van der Waals surface area (Å²) in [4.78, 5) is 44.8. The van der Waals surface area contributed by atoms with E-state index in [0.717, 1.165) is 16.2 Å². The van der Waals surface area contributed by atoms with Crippen molar-refractivity contribution in [3.63, 3.8) is 0 Å². The number of benzene rings is 3. The van der Waals surface area contributed by atoms with Crippen LogP contribution in [-0.2, 0) is 14.4 Å². The Bertz CT molecular complexity index is 1150. The maximum atomic E-state index is 13.4. The highest BCUT2D eigenvalue weighted by Gasteiger charge is 2.60. The Morgan fingerprint density at radius 1 is 0.774 bits per heavy atom. The zero-order valence-electron chi connectivity index (χ0n) is 16.3. The molecule has 2 aliphatic rings. The first-order chi connectivity index (χ1) is 15.1. The maximum Gasteiger partial charge on any atom is 0.266 e. The third-order valence-corrected chi connectivity index (χ3v) is 5.63. The van der Waals surface area contributed by atoms with E-state index in [1.54, 1.807) is 5.06 Å². The highest BCUT2D eigenvalue weighted by atomic mass is 16.7. The molecule has 3 aromatic rings. The molecular weight excluding hydrogens is 396 g/mol. The number of hydroxylamine groups is 1. The number of imide groups is 1. The van der Waals surface area contributed by atoms with Gasteiger partial charge in [-0.2, -0.15) is 0 Å². The first-order valence-corrected chi connectivity index (χ1v) is 9.81. The summed E-state index contributed by atoms with van der Waals surface area (Å²) in [5, 5.41) is 12.6. The average molecular weight is 413 g/mol. The quantitative estimate of drug-likeness (QED) is 0.609. The highest BCUT2D eigenvalue weighted by Crippen LogP contribution is 2.47. The predicted molar refractivity (Wildman–Crippen MR) is 110 cm³/mol. The van der Waals surface area contributed by atoms with Gasteiger partial charge in [0, 0.05) is 0 Å². The molecule has 3 atom stereocenters. The van der Waals surface area contributed by atoms with Crippen LogP contribution in [0.3, 0.4) is 0 Å². The molecule has 7 heteroatoms. The van der Waals surface area contributed by atoms with E-state index >= 15 is 0 Å². The first kappa shape index (κ1) is 19.0. The molecule has 0 aromatic heterocycles. The van der Waals surface area contributed by atoms with E-state index in [1.807, 2.05) is 60.7 Å². The maximum absolute atomic E-state index is 13.4. The molecule has 31 heavy (non-hydrogen) atoms. The molecular formula is C24H17N2O5-. The molecule has 5 rings (SSSR count). The molecule has 2 amide bonds. The molecule has 0 spiro atoms. The van der Waals surface area contributed by atoms with Crippen LogP contribution in [0.2, 0.25) is 0 Å². The van der Waals surface area contributed by atoms with Crippen molar-refractivity contribution in [2.75, 3.05) is 9.96 Å². The molecule has 154 valence electrons. The predicted octanol–water partition coefficient (Wildman–Crippen LogP) is 2.10. The normalized spacial score (nSPS) is 22.6. The standard InChI is InChI=1S/C24H18N2O5/c27-22-19-20(15-7-3-1-4-8-15)26(18-9-5-2-6-10-18)31-21(19)23(28)25(22)17-13-11-16(12-14-17)24(29)30/h1-14,19-21H,(H,29,30)/p-1/t19-,20-,21-/m0/s1. The second-order valence-corrected chi connectivity index (χ2v) is 7.41. The molecule has 0 radical (unpaired) electrons. The lowest BCUT2D eigenvalue weighted by Crippen LogP contribution is -2.37. The van der Waals surface area contributed by atoms with E-state index < -0.39 is 29.9 Å². The van der Waals surface area contributed by atoms with E-state index in [0.29, 0.717) is 5.69 Å². The molecule has 0 unspecified atom stereocenters. The van der Waals surface area contributed by atoms with Gasteiger partial charge >= 0.3 is 0 Å². The summed E-state index contributed by atoms with van der Waals surface area (Å²) in [7, 11) is 0. The second kappa shape index (κ2) is 7.37. The monoisotopic (exact) mass is 413 g/mol. The molecule has 2 aliphatic heterocycles. The van der Waals surface area contributed by atoms with Gasteiger partial charge in [-0.05, 0) is 35.4 Å². The number of fused-ring (bicyclic) bond motifs is 1. The van der Waals surface area contributed by atoms with Crippen LogP contribution in [0.25, 0.3) is 0 Å². The number of carbonyl (C=O) groups excluding carboxylic acids is 3. The Kier molecular flexibility index (Phi) is 4.52. The molecule has 2 saturated heterocycles. The van der Waals surface area contributed by atoms with Crippen LogP contribution in [0, 0.1) is 5.92 Å². The Morgan fingerprint density at radius 3 is 2.00 bits per heavy atom. The van der Waals surface area contributed by atoms with Crippen molar-refractivity contribution in [3.05, 3.63) is 96.1 Å². The van der Waals surface area contributed by atoms with Crippen molar-refractivity contribution in [3.8, 4) is 0 Å². The van der Waals surface area contributed by atoms with Crippen molar-refractivity contribution in [2.45, 2.75) is 12.1 Å². The number of anilines is 2. The fraction of sp³-hybridized carbons (Fsp3) is 0.125. The van der Waals surface area contributed by atoms with Crippen LogP contribution in [-0.4, -0.2) is 23.9 Å². The number of nitrogens with zero attached hydrogens (tertiary/aromatic N) is 2. The summed E-state index contributed by atoms with van der Waals surface area (Å²) in [6.07, 6.45) is -0.973. The number of hydrogen-bond acceptors (Lipinski definition) is 6. The third kappa shape index (κ3) is 3.06. The van der Waals surface area contributed by atoms with Gasteiger partial charge in [0.1, 0.15) is 5.92 Å². The molecule has 2 fully saturated rings. The number of hydrogen-bond donors (Lipinski definition) is 0. The summed E-state index contributed by atoms with van der Waals surface area (Å²) >= 11 is 0. The summed E-state index contributed by atoms with van der Waals surface area (Å²) in [6.45, 7) is 0. The zero-order valence-corrected chi connectivity index (χ0v) is 16.3. The Hall–Kier alpha value is -3.97. The smallest absolute Gasteiger partial charge is 0.266 e. The summed E-state index contributed by atoms with van der Waals surface area (Å²) < 4.78 is 0. The van der Waals surface area contributed by atoms with Gasteiger partial charge in [-0.1, -0.05) is 60.7 Å². The lowest BCUT2D eigenvalue weighted by atomic mass is 9.90. The third-order valence-electron chi connectivity index (χ3n) is 5.63. The second-order valence-electron chi connectivity index (χ2n) is 7.41. The number of aromatic carboxylic acids is 1. The van der Waals surface area contributed by atoms with Crippen LogP contribution in [0.5, 0.6) is 0 Å². The SMILES string of the molecule is O=C([O-])c1ccc(N2C(=O)[C@@H]3[C@H](ON(c4ccccc4)[C@H]3c3ccccc3)C2=O)cc1. The van der Waals surface area contributed by atoms with Crippen molar-refractivity contribution in [2.24, 2.45) is 5.92 Å². The Balaban J connectivity index is 1.54. The molecule has 0 aliphatic carbocycles. The van der Waals surface area contributed by atoms with E-state index in [9.17, 15) is 19.5 Å². The van der Waals surface area contributed by atoms with E-state index in [-0.39, 0.29) is 11.5 Å². The number of carboxylic acid groups (broad SMARTS) is 1. The summed E-state index contributed by atoms with van der Waals surface area (Å²) in [5.74, 6) is -2.93. The van der Waals surface area contributed by atoms with Crippen LogP contribution < -0.4 is 15.1 Å².